The molecule has 0 radical (unpaired) electrons. The van der Waals surface area contributed by atoms with Crippen LogP contribution in [0.25, 0.3) is 0 Å². The van der Waals surface area contributed by atoms with Crippen LogP contribution in [0.3, 0.4) is 0 Å². The summed E-state index contributed by atoms with van der Waals surface area (Å²) in [6.45, 7) is 6.17. The lowest BCUT2D eigenvalue weighted by Crippen LogP contribution is -2.36. The van der Waals surface area contributed by atoms with E-state index in [0.717, 1.165) is 30.6 Å². The Labute approximate surface area is 148 Å². The fourth-order valence-electron chi connectivity index (χ4n) is 3.35. The Balaban J connectivity index is 1.63. The predicted octanol–water partition coefficient (Wildman–Crippen LogP) is 2.02. The SMILES string of the molecule is Cc1ccc(C(=O)N2CC[C@@H](N(C)Cc3nccc(N)n3)C2)c(C)c1. The van der Waals surface area contributed by atoms with Crippen molar-refractivity contribution in [3.05, 3.63) is 53.0 Å². The number of likely N-dealkylation sites (tertiary alicyclic amines) is 1. The van der Waals surface area contributed by atoms with Crippen molar-refractivity contribution in [1.29, 1.82) is 0 Å². The molecule has 0 unspecified atom stereocenters. The molecule has 6 heteroatoms. The molecule has 2 aromatic rings. The summed E-state index contributed by atoms with van der Waals surface area (Å²) >= 11 is 0. The van der Waals surface area contributed by atoms with Gasteiger partial charge in [0.2, 0.25) is 0 Å². The summed E-state index contributed by atoms with van der Waals surface area (Å²) in [6.07, 6.45) is 2.63. The summed E-state index contributed by atoms with van der Waals surface area (Å²) in [7, 11) is 2.04. The average molecular weight is 339 g/mol. The second kappa shape index (κ2) is 7.19. The molecule has 1 atom stereocenters. The van der Waals surface area contributed by atoms with Gasteiger partial charge in [0.15, 0.2) is 0 Å². The smallest absolute Gasteiger partial charge is 0.254 e. The first kappa shape index (κ1) is 17.4. The zero-order valence-electron chi connectivity index (χ0n) is 15.1. The van der Waals surface area contributed by atoms with Crippen LogP contribution in [0, 0.1) is 13.8 Å². The number of benzene rings is 1. The van der Waals surface area contributed by atoms with E-state index in [9.17, 15) is 4.79 Å². The second-order valence-electron chi connectivity index (χ2n) is 6.82. The van der Waals surface area contributed by atoms with E-state index in [2.05, 4.69) is 20.9 Å². The highest BCUT2D eigenvalue weighted by molar-refractivity contribution is 5.95. The number of aryl methyl sites for hydroxylation is 2. The van der Waals surface area contributed by atoms with E-state index in [1.165, 1.54) is 5.56 Å². The molecule has 2 N–H and O–H groups in total. The van der Waals surface area contributed by atoms with Crippen LogP contribution >= 0.6 is 0 Å². The van der Waals surface area contributed by atoms with Crippen molar-refractivity contribution in [2.75, 3.05) is 25.9 Å². The van der Waals surface area contributed by atoms with E-state index in [4.69, 9.17) is 5.73 Å². The third-order valence-electron chi connectivity index (χ3n) is 4.80. The summed E-state index contributed by atoms with van der Waals surface area (Å²) in [5, 5.41) is 0. The fourth-order valence-corrected chi connectivity index (χ4v) is 3.35. The molecule has 2 heterocycles. The van der Waals surface area contributed by atoms with Crippen LogP contribution in [-0.2, 0) is 6.54 Å². The molecule has 1 saturated heterocycles. The van der Waals surface area contributed by atoms with E-state index < -0.39 is 0 Å². The molecule has 1 aliphatic heterocycles. The Bertz CT molecular complexity index is 776. The van der Waals surface area contributed by atoms with Gasteiger partial charge in [-0.2, -0.15) is 0 Å². The molecule has 132 valence electrons. The lowest BCUT2D eigenvalue weighted by atomic mass is 10.0. The molecule has 3 rings (SSSR count). The number of nitrogens with zero attached hydrogens (tertiary/aromatic N) is 4. The van der Waals surface area contributed by atoms with E-state index in [-0.39, 0.29) is 5.91 Å². The molecule has 0 bridgehead atoms. The minimum absolute atomic E-state index is 0.119. The quantitative estimate of drug-likeness (QED) is 0.922. The summed E-state index contributed by atoms with van der Waals surface area (Å²) in [6, 6.07) is 7.98. The molecule has 1 amide bonds. The lowest BCUT2D eigenvalue weighted by Gasteiger charge is -2.24. The van der Waals surface area contributed by atoms with Crippen LogP contribution in [-0.4, -0.2) is 51.9 Å². The van der Waals surface area contributed by atoms with Crippen molar-refractivity contribution in [2.24, 2.45) is 0 Å². The molecule has 1 fully saturated rings. The van der Waals surface area contributed by atoms with Gasteiger partial charge in [0, 0.05) is 30.9 Å². The Kier molecular flexibility index (Phi) is 4.99. The monoisotopic (exact) mass is 339 g/mol. The number of carbonyl (C=O) groups is 1. The Hall–Kier alpha value is -2.47. The van der Waals surface area contributed by atoms with Crippen LogP contribution in [0.5, 0.6) is 0 Å². The van der Waals surface area contributed by atoms with Crippen LogP contribution in [0.2, 0.25) is 0 Å². The Morgan fingerprint density at radius 1 is 1.36 bits per heavy atom. The first-order valence-corrected chi connectivity index (χ1v) is 8.58. The molecular formula is C19H25N5O. The van der Waals surface area contributed by atoms with Gasteiger partial charge in [0.05, 0.1) is 6.54 Å². The number of rotatable bonds is 4. The van der Waals surface area contributed by atoms with Crippen LogP contribution in [0.1, 0.15) is 33.7 Å². The number of hydrogen-bond acceptors (Lipinski definition) is 5. The zero-order valence-corrected chi connectivity index (χ0v) is 15.1. The maximum atomic E-state index is 12.8. The van der Waals surface area contributed by atoms with E-state index in [0.29, 0.717) is 24.2 Å². The van der Waals surface area contributed by atoms with Gasteiger partial charge in [-0.05, 0) is 45.0 Å². The normalized spacial score (nSPS) is 17.3. The van der Waals surface area contributed by atoms with Crippen molar-refractivity contribution < 1.29 is 4.79 Å². The average Bonchev–Trinajstić information content (AvgIpc) is 3.04. The number of aromatic nitrogens is 2. The van der Waals surface area contributed by atoms with Crippen molar-refractivity contribution in [3.8, 4) is 0 Å². The van der Waals surface area contributed by atoms with E-state index >= 15 is 0 Å². The topological polar surface area (TPSA) is 75.4 Å². The highest BCUT2D eigenvalue weighted by atomic mass is 16.2. The van der Waals surface area contributed by atoms with Crippen molar-refractivity contribution >= 4 is 11.7 Å². The van der Waals surface area contributed by atoms with Gasteiger partial charge in [-0.3, -0.25) is 9.69 Å². The zero-order chi connectivity index (χ0) is 18.0. The Morgan fingerprint density at radius 3 is 2.88 bits per heavy atom. The molecule has 1 aromatic heterocycles. The van der Waals surface area contributed by atoms with Gasteiger partial charge < -0.3 is 10.6 Å². The van der Waals surface area contributed by atoms with Gasteiger partial charge >= 0.3 is 0 Å². The van der Waals surface area contributed by atoms with Crippen molar-refractivity contribution in [2.45, 2.75) is 32.9 Å². The van der Waals surface area contributed by atoms with E-state index in [1.54, 1.807) is 12.3 Å². The molecule has 1 aliphatic rings. The van der Waals surface area contributed by atoms with Crippen LogP contribution in [0.4, 0.5) is 5.82 Å². The summed E-state index contributed by atoms with van der Waals surface area (Å²) < 4.78 is 0. The van der Waals surface area contributed by atoms with Crippen molar-refractivity contribution in [1.82, 2.24) is 19.8 Å². The van der Waals surface area contributed by atoms with Gasteiger partial charge in [-0.15, -0.1) is 0 Å². The van der Waals surface area contributed by atoms with E-state index in [1.807, 2.05) is 37.9 Å². The third kappa shape index (κ3) is 3.96. The Morgan fingerprint density at radius 2 is 2.16 bits per heavy atom. The maximum Gasteiger partial charge on any atom is 0.254 e. The molecule has 0 aliphatic carbocycles. The van der Waals surface area contributed by atoms with Crippen molar-refractivity contribution in [3.63, 3.8) is 0 Å². The minimum Gasteiger partial charge on any atom is -0.384 e. The number of hydrogen-bond donors (Lipinski definition) is 1. The summed E-state index contributed by atoms with van der Waals surface area (Å²) in [4.78, 5) is 25.5. The molecule has 25 heavy (non-hydrogen) atoms. The summed E-state index contributed by atoms with van der Waals surface area (Å²) in [5.41, 5.74) is 8.73. The highest BCUT2D eigenvalue weighted by Crippen LogP contribution is 2.20. The number of nitrogens with two attached hydrogens (primary N) is 1. The largest absolute Gasteiger partial charge is 0.384 e. The van der Waals surface area contributed by atoms with Crippen LogP contribution in [0.15, 0.2) is 30.5 Å². The molecule has 0 spiro atoms. The van der Waals surface area contributed by atoms with Crippen LogP contribution < -0.4 is 5.73 Å². The predicted molar refractivity (Wildman–Crippen MR) is 98.1 cm³/mol. The first-order valence-electron chi connectivity index (χ1n) is 8.58. The standard InChI is InChI=1S/C19H25N5O/c1-13-4-5-16(14(2)10-13)19(25)24-9-7-15(11-24)23(3)12-18-21-8-6-17(20)22-18/h4-6,8,10,15H,7,9,11-12H2,1-3H3,(H2,20,21,22)/t15-/m1/s1. The van der Waals surface area contributed by atoms with Gasteiger partial charge in [0.25, 0.3) is 5.91 Å². The third-order valence-corrected chi connectivity index (χ3v) is 4.80. The number of likely N-dealkylation sites (N-methyl/N-ethyl adjacent to an activating group) is 1. The number of anilines is 1. The number of carbonyl (C=O) groups excluding carboxylic acids is 1. The van der Waals surface area contributed by atoms with Gasteiger partial charge in [0.1, 0.15) is 11.6 Å². The van der Waals surface area contributed by atoms with Gasteiger partial charge in [-0.1, -0.05) is 17.7 Å². The maximum absolute atomic E-state index is 12.8. The number of nitrogen functional groups attached to an aromatic ring is 1. The first-order chi connectivity index (χ1) is 11.9. The molecule has 6 nitrogen and oxygen atoms in total. The fraction of sp³-hybridized carbons (Fsp3) is 0.421. The highest BCUT2D eigenvalue weighted by Gasteiger charge is 2.30. The lowest BCUT2D eigenvalue weighted by molar-refractivity contribution is 0.0778. The minimum atomic E-state index is 0.119. The molecular weight excluding hydrogens is 314 g/mol. The second-order valence-corrected chi connectivity index (χ2v) is 6.82. The molecule has 1 aromatic carbocycles. The van der Waals surface area contributed by atoms with Gasteiger partial charge in [-0.25, -0.2) is 9.97 Å². The molecule has 0 saturated carbocycles. The summed E-state index contributed by atoms with van der Waals surface area (Å²) in [5.74, 6) is 1.31. The number of amides is 1.